The summed E-state index contributed by atoms with van der Waals surface area (Å²) < 4.78 is 0. The van der Waals surface area contributed by atoms with E-state index >= 15 is 0 Å². The minimum absolute atomic E-state index is 0.427. The van der Waals surface area contributed by atoms with Gasteiger partial charge in [-0.1, -0.05) is 218 Å². The summed E-state index contributed by atoms with van der Waals surface area (Å²) in [6.07, 6.45) is 0. The fraction of sp³-hybridized carbons (Fsp3) is 0.0169. The van der Waals surface area contributed by atoms with Crippen molar-refractivity contribution in [1.29, 1.82) is 0 Å². The monoisotopic (exact) mass is 748 g/mol. The molecule has 0 spiro atoms. The van der Waals surface area contributed by atoms with Crippen molar-refractivity contribution in [2.75, 3.05) is 0 Å². The molecule has 1 aliphatic rings. The number of rotatable bonds is 7. The maximum atomic E-state index is 2.45. The molecule has 0 heterocycles. The van der Waals surface area contributed by atoms with Gasteiger partial charge in [0.25, 0.3) is 0 Å². The SMILES string of the molecule is c1ccc(C2(c3ccccc3)c3ccccc3-c3ccc(-c4cccc(-c5cccc(-c6cccc(-c7ccc(-c8cccc9ccccc89)cc7)c6)c5)c4)cc32)cc1. The molecular weight excluding hydrogens is 709 g/mol. The van der Waals surface area contributed by atoms with Gasteiger partial charge in [-0.2, -0.15) is 0 Å². The lowest BCUT2D eigenvalue weighted by Gasteiger charge is -2.34. The van der Waals surface area contributed by atoms with Crippen LogP contribution >= 0.6 is 0 Å². The minimum Gasteiger partial charge on any atom is -0.0622 e. The van der Waals surface area contributed by atoms with Crippen LogP contribution in [0.1, 0.15) is 22.3 Å². The van der Waals surface area contributed by atoms with E-state index in [0.717, 1.165) is 0 Å². The van der Waals surface area contributed by atoms with E-state index in [1.807, 2.05) is 0 Å². The van der Waals surface area contributed by atoms with E-state index in [9.17, 15) is 0 Å². The van der Waals surface area contributed by atoms with Gasteiger partial charge < -0.3 is 0 Å². The molecule has 0 aromatic heterocycles. The summed E-state index contributed by atoms with van der Waals surface area (Å²) in [7, 11) is 0. The molecule has 0 amide bonds. The highest BCUT2D eigenvalue weighted by Crippen LogP contribution is 2.56. The van der Waals surface area contributed by atoms with Crippen molar-refractivity contribution >= 4 is 10.8 Å². The van der Waals surface area contributed by atoms with Crippen molar-refractivity contribution in [1.82, 2.24) is 0 Å². The Morgan fingerprint density at radius 1 is 0.220 bits per heavy atom. The lowest BCUT2D eigenvalue weighted by Crippen LogP contribution is -2.28. The lowest BCUT2D eigenvalue weighted by atomic mass is 9.67. The normalized spacial score (nSPS) is 12.5. The number of hydrogen-bond donors (Lipinski definition) is 0. The van der Waals surface area contributed by atoms with Gasteiger partial charge in [-0.3, -0.25) is 0 Å². The van der Waals surface area contributed by atoms with Crippen molar-refractivity contribution in [3.8, 4) is 66.8 Å². The van der Waals surface area contributed by atoms with Gasteiger partial charge in [0.1, 0.15) is 0 Å². The molecule has 0 radical (unpaired) electrons. The van der Waals surface area contributed by atoms with E-state index in [2.05, 4.69) is 243 Å². The van der Waals surface area contributed by atoms with Gasteiger partial charge in [0.2, 0.25) is 0 Å². The standard InChI is InChI=1S/C59H40/c1-3-23-51(24-4-1)59(52-25-5-2-6-26-52)57-30-10-9-28-55(57)56-36-35-50(40-58(56)59)49-22-13-21-48(39-49)47-20-12-19-46(38-47)45-18-11-17-44(37-45)41-31-33-43(34-32-41)54-29-14-16-42-15-7-8-27-53(42)54/h1-40H. The molecule has 59 heavy (non-hydrogen) atoms. The third-order valence-corrected chi connectivity index (χ3v) is 12.4. The third kappa shape index (κ3) is 5.92. The van der Waals surface area contributed by atoms with E-state index in [1.165, 1.54) is 99.8 Å². The largest absolute Gasteiger partial charge is 0.0713 e. The maximum absolute atomic E-state index is 2.45. The van der Waals surface area contributed by atoms with Crippen LogP contribution in [0.25, 0.3) is 77.5 Å². The molecule has 276 valence electrons. The molecule has 0 saturated carbocycles. The molecule has 0 heteroatoms. The minimum atomic E-state index is -0.427. The number of fused-ring (bicyclic) bond motifs is 4. The van der Waals surface area contributed by atoms with Gasteiger partial charge in [-0.15, -0.1) is 0 Å². The molecule has 0 bridgehead atoms. The van der Waals surface area contributed by atoms with Crippen LogP contribution in [-0.4, -0.2) is 0 Å². The summed E-state index contributed by atoms with van der Waals surface area (Å²) in [6, 6.07) is 89.2. The van der Waals surface area contributed by atoms with E-state index in [4.69, 9.17) is 0 Å². The molecule has 10 aromatic rings. The molecule has 0 nitrogen and oxygen atoms in total. The Balaban J connectivity index is 0.937. The third-order valence-electron chi connectivity index (χ3n) is 12.4. The Hall–Kier alpha value is -7.54. The van der Waals surface area contributed by atoms with Crippen LogP contribution in [0.15, 0.2) is 243 Å². The van der Waals surface area contributed by atoms with Gasteiger partial charge in [0.05, 0.1) is 5.41 Å². The van der Waals surface area contributed by atoms with Crippen LogP contribution in [0.4, 0.5) is 0 Å². The molecule has 11 rings (SSSR count). The lowest BCUT2D eigenvalue weighted by molar-refractivity contribution is 0.769. The summed E-state index contributed by atoms with van der Waals surface area (Å²) in [6.45, 7) is 0. The Labute approximate surface area is 346 Å². The van der Waals surface area contributed by atoms with Crippen molar-refractivity contribution in [2.45, 2.75) is 5.41 Å². The molecule has 0 saturated heterocycles. The average Bonchev–Trinajstić information content (AvgIpc) is 3.62. The highest BCUT2D eigenvalue weighted by Gasteiger charge is 2.46. The zero-order chi connectivity index (χ0) is 39.2. The van der Waals surface area contributed by atoms with Crippen LogP contribution in [0.5, 0.6) is 0 Å². The van der Waals surface area contributed by atoms with Crippen molar-refractivity contribution < 1.29 is 0 Å². The zero-order valence-electron chi connectivity index (χ0n) is 32.6. The molecule has 10 aromatic carbocycles. The van der Waals surface area contributed by atoms with Crippen LogP contribution in [0, 0.1) is 0 Å². The molecule has 0 N–H and O–H groups in total. The Kier molecular flexibility index (Phi) is 8.49. The Bertz CT molecular complexity index is 3090. The summed E-state index contributed by atoms with van der Waals surface area (Å²) in [5, 5.41) is 2.54. The fourth-order valence-corrected chi connectivity index (χ4v) is 9.58. The second-order valence-corrected chi connectivity index (χ2v) is 15.6. The van der Waals surface area contributed by atoms with Crippen LogP contribution in [-0.2, 0) is 5.41 Å². The van der Waals surface area contributed by atoms with Gasteiger partial charge in [-0.25, -0.2) is 0 Å². The Morgan fingerprint density at radius 3 is 1.24 bits per heavy atom. The van der Waals surface area contributed by atoms with Gasteiger partial charge in [0.15, 0.2) is 0 Å². The Morgan fingerprint density at radius 2 is 0.627 bits per heavy atom. The average molecular weight is 749 g/mol. The second kappa shape index (κ2) is 14.4. The first-order valence-electron chi connectivity index (χ1n) is 20.5. The van der Waals surface area contributed by atoms with E-state index in [-0.39, 0.29) is 0 Å². The summed E-state index contributed by atoms with van der Waals surface area (Å²) in [5.41, 5.74) is 19.5. The molecule has 1 aliphatic carbocycles. The molecule has 0 fully saturated rings. The number of hydrogen-bond acceptors (Lipinski definition) is 0. The first-order valence-corrected chi connectivity index (χ1v) is 20.5. The van der Waals surface area contributed by atoms with Crippen molar-refractivity contribution in [3.63, 3.8) is 0 Å². The van der Waals surface area contributed by atoms with E-state index in [0.29, 0.717) is 0 Å². The zero-order valence-corrected chi connectivity index (χ0v) is 32.6. The van der Waals surface area contributed by atoms with Gasteiger partial charge >= 0.3 is 0 Å². The second-order valence-electron chi connectivity index (χ2n) is 15.6. The van der Waals surface area contributed by atoms with Crippen LogP contribution in [0.3, 0.4) is 0 Å². The fourth-order valence-electron chi connectivity index (χ4n) is 9.58. The van der Waals surface area contributed by atoms with Crippen LogP contribution in [0.2, 0.25) is 0 Å². The predicted molar refractivity (Wildman–Crippen MR) is 248 cm³/mol. The van der Waals surface area contributed by atoms with Crippen molar-refractivity contribution in [2.24, 2.45) is 0 Å². The number of benzene rings is 10. The van der Waals surface area contributed by atoms with E-state index in [1.54, 1.807) is 0 Å². The maximum Gasteiger partial charge on any atom is 0.0713 e. The predicted octanol–water partition coefficient (Wildman–Crippen LogP) is 15.5. The highest BCUT2D eigenvalue weighted by molar-refractivity contribution is 5.97. The molecule has 0 unspecified atom stereocenters. The topological polar surface area (TPSA) is 0 Å². The molecule has 0 atom stereocenters. The van der Waals surface area contributed by atoms with Crippen molar-refractivity contribution in [3.05, 3.63) is 265 Å². The smallest absolute Gasteiger partial charge is 0.0622 e. The van der Waals surface area contributed by atoms with Crippen LogP contribution < -0.4 is 0 Å². The highest BCUT2D eigenvalue weighted by atomic mass is 14.5. The van der Waals surface area contributed by atoms with E-state index < -0.39 is 5.41 Å². The quantitative estimate of drug-likeness (QED) is 0.152. The summed E-state index contributed by atoms with van der Waals surface area (Å²) in [5.74, 6) is 0. The van der Waals surface area contributed by atoms with Gasteiger partial charge in [0, 0.05) is 0 Å². The molecule has 0 aliphatic heterocycles. The summed E-state index contributed by atoms with van der Waals surface area (Å²) >= 11 is 0. The first kappa shape index (κ1) is 34.7. The first-order chi connectivity index (χ1) is 29.2. The van der Waals surface area contributed by atoms with Gasteiger partial charge in [-0.05, 0) is 124 Å². The molecular formula is C59H40. The summed E-state index contributed by atoms with van der Waals surface area (Å²) in [4.78, 5) is 0.